The SMILES string of the molecule is CC(=O)CC[C@H](NC(C)C)C(=O)C[C@@H](C)C(=O)N[C@H](C=O)CC(C)C.CC(C)C[C@@H](C=O)NC(=O)[C@H](CCC(N)=O)CC(=O)[C@H](CC(N)=O)NC(C)C. The summed E-state index contributed by atoms with van der Waals surface area (Å²) in [6.07, 6.45) is 2.91. The van der Waals surface area contributed by atoms with Gasteiger partial charge in [-0.05, 0) is 44.4 Å². The summed E-state index contributed by atoms with van der Waals surface area (Å²) in [6.45, 7) is 18.5. The Kier molecular flexibility index (Phi) is 26.8. The molecule has 8 N–H and O–H groups in total. The Hall–Kier alpha value is -3.85. The van der Waals surface area contributed by atoms with Crippen LogP contribution in [0, 0.1) is 23.7 Å². The number of nitrogens with one attached hydrogen (secondary N) is 4. The lowest BCUT2D eigenvalue weighted by Crippen LogP contribution is -2.46. The molecule has 304 valence electrons. The van der Waals surface area contributed by atoms with Crippen LogP contribution in [0.1, 0.15) is 127 Å². The van der Waals surface area contributed by atoms with Gasteiger partial charge in [-0.2, -0.15) is 0 Å². The zero-order chi connectivity index (χ0) is 41.4. The summed E-state index contributed by atoms with van der Waals surface area (Å²) in [5.74, 6) is -3.28. The predicted molar refractivity (Wildman–Crippen MR) is 203 cm³/mol. The van der Waals surface area contributed by atoms with Crippen molar-refractivity contribution in [2.45, 2.75) is 163 Å². The summed E-state index contributed by atoms with van der Waals surface area (Å²) >= 11 is 0. The first kappa shape index (κ1) is 51.3. The molecule has 0 fully saturated rings. The number of amides is 4. The Morgan fingerprint density at radius 2 is 1.02 bits per heavy atom. The molecule has 0 saturated carbocycles. The first-order chi connectivity index (χ1) is 24.5. The number of rotatable bonds is 28. The molecule has 15 heteroatoms. The van der Waals surface area contributed by atoms with Gasteiger partial charge in [0, 0.05) is 56.0 Å². The van der Waals surface area contributed by atoms with E-state index in [0.717, 1.165) is 6.29 Å². The third kappa shape index (κ3) is 26.5. The molecule has 0 aliphatic carbocycles. The van der Waals surface area contributed by atoms with Crippen molar-refractivity contribution in [3.63, 3.8) is 0 Å². The number of ketones is 3. The van der Waals surface area contributed by atoms with Crippen LogP contribution in [0.4, 0.5) is 0 Å². The topological polar surface area (TPSA) is 254 Å². The second-order valence-corrected chi connectivity index (χ2v) is 15.4. The van der Waals surface area contributed by atoms with E-state index in [-0.39, 0.29) is 73.4 Å². The molecule has 0 aliphatic rings. The van der Waals surface area contributed by atoms with Gasteiger partial charge in [0.2, 0.25) is 23.6 Å². The standard InChI is InChI=1S/C19H34N4O5.C19H34N2O4/c1-11(2)7-14(10-24)23-19(28)13(5-6-17(20)26)8-16(25)15(9-18(21)27)22-12(3)4;1-12(2)9-16(11-22)21-19(25)14(5)10-18(24)17(20-13(3)4)8-7-15(6)23/h10-15,22H,5-9H2,1-4H3,(H2,20,26)(H2,21,27)(H,23,28);11-14,16-17,20H,7-10H2,1-6H3,(H,21,25)/t13-,14+,15+;14-,16+,17+/m11/s1. The van der Waals surface area contributed by atoms with Gasteiger partial charge in [0.25, 0.3) is 0 Å². The number of carbonyl (C=O) groups excluding carboxylic acids is 9. The Bertz CT molecular complexity index is 1200. The Morgan fingerprint density at radius 3 is 1.42 bits per heavy atom. The highest BCUT2D eigenvalue weighted by molar-refractivity contribution is 5.93. The summed E-state index contributed by atoms with van der Waals surface area (Å²) in [5, 5.41) is 11.5. The minimum absolute atomic E-state index is 0.0386. The van der Waals surface area contributed by atoms with E-state index in [9.17, 15) is 43.2 Å². The van der Waals surface area contributed by atoms with Gasteiger partial charge in [-0.15, -0.1) is 0 Å². The van der Waals surface area contributed by atoms with Gasteiger partial charge in [-0.25, -0.2) is 0 Å². The normalized spacial score (nSPS) is 14.6. The highest BCUT2D eigenvalue weighted by atomic mass is 16.2. The minimum atomic E-state index is -0.834. The van der Waals surface area contributed by atoms with Gasteiger partial charge in [-0.3, -0.25) is 28.8 Å². The quantitative estimate of drug-likeness (QED) is 0.0629. The largest absolute Gasteiger partial charge is 0.370 e. The molecule has 0 aromatic heterocycles. The summed E-state index contributed by atoms with van der Waals surface area (Å²) in [6, 6.07) is -2.41. The van der Waals surface area contributed by atoms with Crippen LogP contribution in [0.5, 0.6) is 0 Å². The van der Waals surface area contributed by atoms with E-state index >= 15 is 0 Å². The lowest BCUT2D eigenvalue weighted by atomic mass is 9.91. The fourth-order valence-electron chi connectivity index (χ4n) is 5.46. The Labute approximate surface area is 316 Å². The monoisotopic (exact) mass is 753 g/mol. The molecule has 0 heterocycles. The van der Waals surface area contributed by atoms with E-state index in [1.54, 1.807) is 6.92 Å². The average Bonchev–Trinajstić information content (AvgIpc) is 3.02. The maximum Gasteiger partial charge on any atom is 0.224 e. The molecule has 0 aliphatic heterocycles. The third-order valence-electron chi connectivity index (χ3n) is 7.98. The summed E-state index contributed by atoms with van der Waals surface area (Å²) < 4.78 is 0. The highest BCUT2D eigenvalue weighted by Crippen LogP contribution is 2.16. The van der Waals surface area contributed by atoms with E-state index < -0.39 is 53.7 Å². The molecule has 0 saturated heterocycles. The molecule has 0 unspecified atom stereocenters. The number of nitrogens with two attached hydrogens (primary N) is 2. The van der Waals surface area contributed by atoms with Crippen LogP contribution in [0.3, 0.4) is 0 Å². The second-order valence-electron chi connectivity index (χ2n) is 15.4. The molecule has 0 radical (unpaired) electrons. The van der Waals surface area contributed by atoms with Crippen LogP contribution >= 0.6 is 0 Å². The van der Waals surface area contributed by atoms with Crippen molar-refractivity contribution in [1.29, 1.82) is 0 Å². The maximum atomic E-state index is 12.7. The zero-order valence-corrected chi connectivity index (χ0v) is 33.6. The lowest BCUT2D eigenvalue weighted by molar-refractivity contribution is -0.133. The molecular weight excluding hydrogens is 684 g/mol. The van der Waals surface area contributed by atoms with Crippen LogP contribution in [0.15, 0.2) is 0 Å². The van der Waals surface area contributed by atoms with Crippen molar-refractivity contribution in [3.8, 4) is 0 Å². The lowest BCUT2D eigenvalue weighted by Gasteiger charge is -2.23. The van der Waals surface area contributed by atoms with Crippen molar-refractivity contribution in [3.05, 3.63) is 0 Å². The smallest absolute Gasteiger partial charge is 0.224 e. The Morgan fingerprint density at radius 1 is 0.566 bits per heavy atom. The van der Waals surface area contributed by atoms with Crippen LogP contribution in [0.2, 0.25) is 0 Å². The average molecular weight is 753 g/mol. The van der Waals surface area contributed by atoms with Crippen molar-refractivity contribution in [2.24, 2.45) is 35.1 Å². The van der Waals surface area contributed by atoms with Gasteiger partial charge in [0.1, 0.15) is 18.4 Å². The molecule has 6 atom stereocenters. The zero-order valence-electron chi connectivity index (χ0n) is 33.6. The third-order valence-corrected chi connectivity index (χ3v) is 7.98. The summed E-state index contributed by atoms with van der Waals surface area (Å²) in [4.78, 5) is 106. The molecule has 0 aromatic carbocycles. The van der Waals surface area contributed by atoms with E-state index in [4.69, 9.17) is 11.5 Å². The number of primary amides is 2. The molecule has 4 amide bonds. The van der Waals surface area contributed by atoms with Crippen LogP contribution < -0.4 is 32.7 Å². The van der Waals surface area contributed by atoms with Gasteiger partial charge in [0.15, 0.2) is 11.6 Å². The van der Waals surface area contributed by atoms with Gasteiger partial charge >= 0.3 is 0 Å². The first-order valence-electron chi connectivity index (χ1n) is 18.7. The van der Waals surface area contributed by atoms with Crippen molar-refractivity contribution in [2.75, 3.05) is 0 Å². The molecule has 0 spiro atoms. The Balaban J connectivity index is 0. The van der Waals surface area contributed by atoms with Gasteiger partial charge < -0.3 is 47.1 Å². The fourth-order valence-corrected chi connectivity index (χ4v) is 5.46. The summed E-state index contributed by atoms with van der Waals surface area (Å²) in [5.41, 5.74) is 10.4. The minimum Gasteiger partial charge on any atom is -0.370 e. The fraction of sp³-hybridized carbons (Fsp3) is 0.763. The van der Waals surface area contributed by atoms with E-state index in [1.807, 2.05) is 55.4 Å². The predicted octanol–water partition coefficient (Wildman–Crippen LogP) is 1.85. The highest BCUT2D eigenvalue weighted by Gasteiger charge is 2.30. The second kappa shape index (κ2) is 27.7. The number of hydrogen-bond acceptors (Lipinski definition) is 11. The van der Waals surface area contributed by atoms with Crippen molar-refractivity contribution < 1.29 is 43.2 Å². The molecular formula is C38H68N6O9. The van der Waals surface area contributed by atoms with Crippen molar-refractivity contribution in [1.82, 2.24) is 21.3 Å². The summed E-state index contributed by atoms with van der Waals surface area (Å²) in [7, 11) is 0. The van der Waals surface area contributed by atoms with Crippen LogP contribution in [-0.4, -0.2) is 89.8 Å². The van der Waals surface area contributed by atoms with E-state index in [2.05, 4.69) is 21.3 Å². The van der Waals surface area contributed by atoms with Crippen LogP contribution in [0.25, 0.3) is 0 Å². The van der Waals surface area contributed by atoms with Gasteiger partial charge in [0.05, 0.1) is 24.2 Å². The number of carbonyl (C=O) groups is 9. The van der Waals surface area contributed by atoms with E-state index in [0.29, 0.717) is 37.9 Å². The van der Waals surface area contributed by atoms with E-state index in [1.165, 1.54) is 6.92 Å². The molecule has 53 heavy (non-hydrogen) atoms. The van der Waals surface area contributed by atoms with Crippen LogP contribution in [-0.2, 0) is 43.2 Å². The maximum absolute atomic E-state index is 12.7. The number of hydrogen-bond donors (Lipinski definition) is 6. The number of Topliss-reactive ketones (excluding diaryl/α,β-unsaturated/α-hetero) is 3. The number of aldehydes is 2. The van der Waals surface area contributed by atoms with Gasteiger partial charge in [-0.1, -0.05) is 62.3 Å². The molecule has 0 aromatic rings. The van der Waals surface area contributed by atoms with Crippen molar-refractivity contribution >= 4 is 53.6 Å². The molecule has 0 rings (SSSR count). The first-order valence-corrected chi connectivity index (χ1v) is 18.7. The molecule has 0 bridgehead atoms. The molecule has 15 nitrogen and oxygen atoms in total.